The van der Waals surface area contributed by atoms with Gasteiger partial charge >= 0.3 is 0 Å². The summed E-state index contributed by atoms with van der Waals surface area (Å²) in [5.74, 6) is 0.353. The standard InChI is InChI=1S/C25H29ClN4O2/c1-4-32-24-9-8-18(2)14-23(24)19(3)28-25(31)20(16-27)17-29-10-12-30(13-11-29)22-7-5-6-21(26)15-22/h5-9,14-15,17,19H,4,10-13H2,1-3H3,(H,28,31)/b20-17-. The Hall–Kier alpha value is -3.17. The number of benzene rings is 2. The van der Waals surface area contributed by atoms with Gasteiger partial charge in [0, 0.05) is 48.7 Å². The molecule has 2 aromatic rings. The highest BCUT2D eigenvalue weighted by Crippen LogP contribution is 2.27. The lowest BCUT2D eigenvalue weighted by molar-refractivity contribution is -0.117. The van der Waals surface area contributed by atoms with Crippen LogP contribution in [0.1, 0.15) is 31.0 Å². The predicted molar refractivity (Wildman–Crippen MR) is 128 cm³/mol. The Morgan fingerprint density at radius 2 is 2.00 bits per heavy atom. The van der Waals surface area contributed by atoms with Crippen LogP contribution in [-0.4, -0.2) is 43.6 Å². The molecule has 1 amide bonds. The number of carbonyl (C=O) groups excluding carboxylic acids is 1. The van der Waals surface area contributed by atoms with Crippen LogP contribution in [0.4, 0.5) is 5.69 Å². The molecule has 0 spiro atoms. The number of carbonyl (C=O) groups is 1. The molecule has 1 aliphatic heterocycles. The van der Waals surface area contributed by atoms with Crippen molar-refractivity contribution in [1.82, 2.24) is 10.2 Å². The van der Waals surface area contributed by atoms with Gasteiger partial charge in [-0.2, -0.15) is 5.26 Å². The first kappa shape index (κ1) is 23.5. The summed E-state index contributed by atoms with van der Waals surface area (Å²) in [4.78, 5) is 17.1. The molecule has 0 radical (unpaired) electrons. The van der Waals surface area contributed by atoms with E-state index in [0.717, 1.165) is 35.7 Å². The molecular formula is C25H29ClN4O2. The lowest BCUT2D eigenvalue weighted by atomic mass is 10.0. The summed E-state index contributed by atoms with van der Waals surface area (Å²) in [6, 6.07) is 15.4. The Morgan fingerprint density at radius 1 is 1.25 bits per heavy atom. The van der Waals surface area contributed by atoms with Crippen molar-refractivity contribution in [2.75, 3.05) is 37.7 Å². The van der Waals surface area contributed by atoms with Gasteiger partial charge in [-0.05, 0) is 45.0 Å². The highest BCUT2D eigenvalue weighted by molar-refractivity contribution is 6.30. The van der Waals surface area contributed by atoms with E-state index in [2.05, 4.69) is 16.3 Å². The van der Waals surface area contributed by atoms with E-state index in [1.165, 1.54) is 0 Å². The number of hydrogen-bond acceptors (Lipinski definition) is 5. The van der Waals surface area contributed by atoms with Crippen molar-refractivity contribution in [2.24, 2.45) is 0 Å². The second kappa shape index (κ2) is 10.9. The van der Waals surface area contributed by atoms with Gasteiger partial charge in [0.1, 0.15) is 17.4 Å². The molecule has 0 bridgehead atoms. The minimum atomic E-state index is -0.388. The van der Waals surface area contributed by atoms with Crippen LogP contribution in [0.25, 0.3) is 0 Å². The van der Waals surface area contributed by atoms with Crippen molar-refractivity contribution < 1.29 is 9.53 Å². The molecule has 1 saturated heterocycles. The number of ether oxygens (including phenoxy) is 1. The first-order valence-electron chi connectivity index (χ1n) is 10.8. The molecule has 32 heavy (non-hydrogen) atoms. The number of halogens is 1. The Morgan fingerprint density at radius 3 is 2.66 bits per heavy atom. The zero-order valence-electron chi connectivity index (χ0n) is 18.8. The largest absolute Gasteiger partial charge is 0.494 e. The maximum atomic E-state index is 12.8. The van der Waals surface area contributed by atoms with E-state index in [4.69, 9.17) is 16.3 Å². The van der Waals surface area contributed by atoms with Crippen LogP contribution in [0.15, 0.2) is 54.2 Å². The average Bonchev–Trinajstić information content (AvgIpc) is 2.79. The smallest absolute Gasteiger partial charge is 0.263 e. The van der Waals surface area contributed by atoms with Gasteiger partial charge in [-0.25, -0.2) is 0 Å². The van der Waals surface area contributed by atoms with E-state index in [9.17, 15) is 10.1 Å². The van der Waals surface area contributed by atoms with Gasteiger partial charge in [-0.1, -0.05) is 35.4 Å². The van der Waals surface area contributed by atoms with Gasteiger partial charge < -0.3 is 19.9 Å². The first-order chi connectivity index (χ1) is 15.4. The summed E-state index contributed by atoms with van der Waals surface area (Å²) < 4.78 is 5.70. The Balaban J connectivity index is 1.64. The maximum Gasteiger partial charge on any atom is 0.263 e. The van der Waals surface area contributed by atoms with Crippen LogP contribution < -0.4 is 15.0 Å². The van der Waals surface area contributed by atoms with Crippen LogP contribution in [0.2, 0.25) is 5.02 Å². The fourth-order valence-corrected chi connectivity index (χ4v) is 3.93. The molecule has 1 unspecified atom stereocenters. The minimum absolute atomic E-state index is 0.0960. The number of nitrogens with one attached hydrogen (secondary N) is 1. The summed E-state index contributed by atoms with van der Waals surface area (Å²) in [6.07, 6.45) is 1.66. The molecule has 0 aromatic heterocycles. The number of nitriles is 1. The Kier molecular flexibility index (Phi) is 8.02. The molecule has 0 saturated carbocycles. The molecule has 1 heterocycles. The van der Waals surface area contributed by atoms with Crippen molar-refractivity contribution in [3.05, 3.63) is 70.4 Å². The van der Waals surface area contributed by atoms with Gasteiger partial charge in [-0.15, -0.1) is 0 Å². The molecule has 168 valence electrons. The van der Waals surface area contributed by atoms with E-state index >= 15 is 0 Å². The van der Waals surface area contributed by atoms with Crippen molar-refractivity contribution in [3.8, 4) is 11.8 Å². The molecule has 1 aliphatic rings. The molecule has 3 rings (SSSR count). The van der Waals surface area contributed by atoms with Crippen molar-refractivity contribution >= 4 is 23.2 Å². The van der Waals surface area contributed by atoms with Gasteiger partial charge in [-0.3, -0.25) is 4.79 Å². The molecule has 1 N–H and O–H groups in total. The fourth-order valence-electron chi connectivity index (χ4n) is 3.75. The second-order valence-corrected chi connectivity index (χ2v) is 8.26. The minimum Gasteiger partial charge on any atom is -0.494 e. The third-order valence-corrected chi connectivity index (χ3v) is 5.68. The third-order valence-electron chi connectivity index (χ3n) is 5.44. The number of nitrogens with zero attached hydrogens (tertiary/aromatic N) is 3. The van der Waals surface area contributed by atoms with E-state index in [1.807, 2.05) is 68.1 Å². The Bertz CT molecular complexity index is 1020. The first-order valence-corrected chi connectivity index (χ1v) is 11.2. The highest BCUT2D eigenvalue weighted by atomic mass is 35.5. The summed E-state index contributed by atoms with van der Waals surface area (Å²) >= 11 is 6.10. The Labute approximate surface area is 195 Å². The van der Waals surface area contributed by atoms with Crippen LogP contribution in [0.3, 0.4) is 0 Å². The fraction of sp³-hybridized carbons (Fsp3) is 0.360. The number of aryl methyl sites for hydroxylation is 1. The monoisotopic (exact) mass is 452 g/mol. The zero-order chi connectivity index (χ0) is 23.1. The molecular weight excluding hydrogens is 424 g/mol. The SMILES string of the molecule is CCOc1ccc(C)cc1C(C)NC(=O)/C(C#N)=C\N1CCN(c2cccc(Cl)c2)CC1. The predicted octanol–water partition coefficient (Wildman–Crippen LogP) is 4.45. The van der Waals surface area contributed by atoms with Crippen molar-refractivity contribution in [1.29, 1.82) is 5.26 Å². The second-order valence-electron chi connectivity index (χ2n) is 7.83. The lowest BCUT2D eigenvalue weighted by Crippen LogP contribution is -2.44. The number of piperazine rings is 1. The number of hydrogen-bond donors (Lipinski definition) is 1. The summed E-state index contributed by atoms with van der Waals surface area (Å²) in [7, 11) is 0. The molecule has 0 aliphatic carbocycles. The molecule has 2 aromatic carbocycles. The quantitative estimate of drug-likeness (QED) is 0.496. The van der Waals surface area contributed by atoms with E-state index in [1.54, 1.807) is 6.20 Å². The highest BCUT2D eigenvalue weighted by Gasteiger charge is 2.20. The number of rotatable bonds is 7. The van der Waals surface area contributed by atoms with Crippen LogP contribution in [0, 0.1) is 18.3 Å². The van der Waals surface area contributed by atoms with Crippen LogP contribution >= 0.6 is 11.6 Å². The molecule has 7 heteroatoms. The van der Waals surface area contributed by atoms with Crippen molar-refractivity contribution in [2.45, 2.75) is 26.8 Å². The zero-order valence-corrected chi connectivity index (χ0v) is 19.5. The van der Waals surface area contributed by atoms with E-state index in [0.29, 0.717) is 24.7 Å². The van der Waals surface area contributed by atoms with Gasteiger partial charge in [0.05, 0.1) is 12.6 Å². The summed E-state index contributed by atoms with van der Waals surface area (Å²) in [6.45, 7) is 9.37. The summed E-state index contributed by atoms with van der Waals surface area (Å²) in [5.41, 5.74) is 3.15. The lowest BCUT2D eigenvalue weighted by Gasteiger charge is -2.35. The van der Waals surface area contributed by atoms with Crippen LogP contribution in [0.5, 0.6) is 5.75 Å². The van der Waals surface area contributed by atoms with E-state index in [-0.39, 0.29) is 17.5 Å². The van der Waals surface area contributed by atoms with Gasteiger partial charge in [0.25, 0.3) is 5.91 Å². The number of amides is 1. The van der Waals surface area contributed by atoms with E-state index < -0.39 is 0 Å². The topological polar surface area (TPSA) is 68.6 Å². The molecule has 6 nitrogen and oxygen atoms in total. The maximum absolute atomic E-state index is 12.8. The third kappa shape index (κ3) is 5.95. The average molecular weight is 453 g/mol. The summed E-state index contributed by atoms with van der Waals surface area (Å²) in [5, 5.41) is 13.3. The van der Waals surface area contributed by atoms with Gasteiger partial charge in [0.15, 0.2) is 0 Å². The van der Waals surface area contributed by atoms with Crippen molar-refractivity contribution in [3.63, 3.8) is 0 Å². The van der Waals surface area contributed by atoms with Crippen LogP contribution in [-0.2, 0) is 4.79 Å². The molecule has 1 fully saturated rings. The number of anilines is 1. The molecule has 1 atom stereocenters. The normalized spacial score (nSPS) is 15.2. The van der Waals surface area contributed by atoms with Gasteiger partial charge in [0.2, 0.25) is 0 Å².